The Kier molecular flexibility index (Phi) is 5.05. The van der Waals surface area contributed by atoms with E-state index in [0.717, 1.165) is 18.5 Å². The molecule has 2 aromatic carbocycles. The SMILES string of the molecule is O=CN1CCCN(C(=O)C2CC(Cc3cccc4ccccc34)=NO2)CC1. The van der Waals surface area contributed by atoms with Crippen molar-refractivity contribution in [2.75, 3.05) is 26.2 Å². The number of carbonyl (C=O) groups is 2. The second kappa shape index (κ2) is 7.78. The highest BCUT2D eigenvalue weighted by Crippen LogP contribution is 2.22. The lowest BCUT2D eigenvalue weighted by Crippen LogP contribution is -2.41. The van der Waals surface area contributed by atoms with Gasteiger partial charge in [0.2, 0.25) is 12.5 Å². The molecule has 0 N–H and O–H groups in total. The quantitative estimate of drug-likeness (QED) is 0.781. The number of amides is 2. The maximum atomic E-state index is 12.8. The van der Waals surface area contributed by atoms with Gasteiger partial charge in [0.15, 0.2) is 0 Å². The van der Waals surface area contributed by atoms with Gasteiger partial charge >= 0.3 is 0 Å². The normalized spacial score (nSPS) is 20.1. The van der Waals surface area contributed by atoms with E-state index in [4.69, 9.17) is 4.84 Å². The highest BCUT2D eigenvalue weighted by Gasteiger charge is 2.32. The first-order valence-electron chi connectivity index (χ1n) is 9.41. The first-order chi connectivity index (χ1) is 13.2. The molecule has 0 aromatic heterocycles. The van der Waals surface area contributed by atoms with E-state index in [1.807, 2.05) is 18.2 Å². The van der Waals surface area contributed by atoms with Crippen LogP contribution >= 0.6 is 0 Å². The molecule has 2 aliphatic heterocycles. The minimum Gasteiger partial charge on any atom is -0.382 e. The molecule has 140 valence electrons. The van der Waals surface area contributed by atoms with Gasteiger partial charge in [0, 0.05) is 39.0 Å². The zero-order valence-corrected chi connectivity index (χ0v) is 15.2. The van der Waals surface area contributed by atoms with Gasteiger partial charge in [0.1, 0.15) is 0 Å². The molecule has 27 heavy (non-hydrogen) atoms. The zero-order chi connectivity index (χ0) is 18.6. The minimum atomic E-state index is -0.544. The van der Waals surface area contributed by atoms with E-state index in [-0.39, 0.29) is 5.91 Å². The number of nitrogens with zero attached hydrogens (tertiary/aromatic N) is 3. The third kappa shape index (κ3) is 3.79. The summed E-state index contributed by atoms with van der Waals surface area (Å²) in [4.78, 5) is 32.7. The molecule has 0 radical (unpaired) electrons. The van der Waals surface area contributed by atoms with E-state index >= 15 is 0 Å². The van der Waals surface area contributed by atoms with Gasteiger partial charge < -0.3 is 14.6 Å². The van der Waals surface area contributed by atoms with Crippen molar-refractivity contribution >= 4 is 28.8 Å². The molecule has 0 spiro atoms. The molecule has 0 aliphatic carbocycles. The molecule has 2 aliphatic rings. The van der Waals surface area contributed by atoms with E-state index in [1.165, 1.54) is 16.3 Å². The Morgan fingerprint density at radius 3 is 2.85 bits per heavy atom. The van der Waals surface area contributed by atoms with Crippen molar-refractivity contribution in [2.45, 2.75) is 25.4 Å². The van der Waals surface area contributed by atoms with Crippen molar-refractivity contribution in [1.29, 1.82) is 0 Å². The van der Waals surface area contributed by atoms with Crippen LogP contribution in [0.2, 0.25) is 0 Å². The van der Waals surface area contributed by atoms with Gasteiger partial charge in [-0.3, -0.25) is 9.59 Å². The Balaban J connectivity index is 1.39. The van der Waals surface area contributed by atoms with Crippen LogP contribution < -0.4 is 0 Å². The molecule has 2 amide bonds. The molecule has 2 heterocycles. The van der Waals surface area contributed by atoms with Crippen LogP contribution in [0.3, 0.4) is 0 Å². The Morgan fingerprint density at radius 2 is 1.96 bits per heavy atom. The van der Waals surface area contributed by atoms with E-state index in [2.05, 4.69) is 29.4 Å². The van der Waals surface area contributed by atoms with E-state index in [0.29, 0.717) is 39.0 Å². The lowest BCUT2D eigenvalue weighted by molar-refractivity contribution is -0.142. The number of hydrogen-bond donors (Lipinski definition) is 0. The predicted molar refractivity (Wildman–Crippen MR) is 103 cm³/mol. The number of rotatable bonds is 4. The number of oxime groups is 1. The zero-order valence-electron chi connectivity index (χ0n) is 15.2. The van der Waals surface area contributed by atoms with Crippen molar-refractivity contribution in [1.82, 2.24) is 9.80 Å². The van der Waals surface area contributed by atoms with E-state index in [1.54, 1.807) is 9.80 Å². The summed E-state index contributed by atoms with van der Waals surface area (Å²) in [6, 6.07) is 14.5. The Bertz CT molecular complexity index is 875. The summed E-state index contributed by atoms with van der Waals surface area (Å²) in [5.41, 5.74) is 2.09. The van der Waals surface area contributed by atoms with Gasteiger partial charge in [-0.2, -0.15) is 0 Å². The van der Waals surface area contributed by atoms with Gasteiger partial charge in [0.25, 0.3) is 5.91 Å². The Hall–Kier alpha value is -2.89. The lowest BCUT2D eigenvalue weighted by Gasteiger charge is -2.22. The van der Waals surface area contributed by atoms with Crippen LogP contribution in [0.1, 0.15) is 18.4 Å². The molecule has 0 saturated carbocycles. The van der Waals surface area contributed by atoms with Crippen LogP contribution in [0, 0.1) is 0 Å². The summed E-state index contributed by atoms with van der Waals surface area (Å²) in [6.45, 7) is 2.48. The molecule has 0 bridgehead atoms. The first kappa shape index (κ1) is 17.5. The third-order valence-corrected chi connectivity index (χ3v) is 5.27. The average molecular weight is 365 g/mol. The molecule has 1 atom stereocenters. The molecule has 6 nitrogen and oxygen atoms in total. The van der Waals surface area contributed by atoms with Crippen molar-refractivity contribution in [2.24, 2.45) is 5.16 Å². The summed E-state index contributed by atoms with van der Waals surface area (Å²) in [5.74, 6) is -0.0283. The van der Waals surface area contributed by atoms with Crippen LogP contribution in [-0.2, 0) is 20.8 Å². The monoisotopic (exact) mass is 365 g/mol. The highest BCUT2D eigenvalue weighted by atomic mass is 16.6. The molecule has 4 rings (SSSR count). The summed E-state index contributed by atoms with van der Waals surface area (Å²) < 4.78 is 0. The lowest BCUT2D eigenvalue weighted by atomic mass is 9.98. The standard InChI is InChI=1S/C21H23N3O3/c25-15-23-9-4-10-24(12-11-23)21(26)20-14-18(22-27-20)13-17-7-3-6-16-5-1-2-8-19(16)17/h1-3,5-8,15,20H,4,9-14H2. The highest BCUT2D eigenvalue weighted by molar-refractivity contribution is 5.96. The van der Waals surface area contributed by atoms with Crippen LogP contribution in [-0.4, -0.2) is 60.1 Å². The van der Waals surface area contributed by atoms with Crippen LogP contribution in [0.25, 0.3) is 10.8 Å². The Labute approximate surface area is 158 Å². The average Bonchev–Trinajstić information content (AvgIpc) is 3.03. The molecule has 1 saturated heterocycles. The Morgan fingerprint density at radius 1 is 1.11 bits per heavy atom. The van der Waals surface area contributed by atoms with Gasteiger partial charge in [-0.05, 0) is 22.8 Å². The second-order valence-corrected chi connectivity index (χ2v) is 7.09. The number of benzene rings is 2. The van der Waals surface area contributed by atoms with E-state index in [9.17, 15) is 9.59 Å². The number of hydrogen-bond acceptors (Lipinski definition) is 4. The topological polar surface area (TPSA) is 62.2 Å². The largest absolute Gasteiger partial charge is 0.382 e. The maximum absolute atomic E-state index is 12.8. The first-order valence-corrected chi connectivity index (χ1v) is 9.41. The fourth-order valence-electron chi connectivity index (χ4n) is 3.80. The fourth-order valence-corrected chi connectivity index (χ4v) is 3.80. The molecular weight excluding hydrogens is 342 g/mol. The summed E-state index contributed by atoms with van der Waals surface area (Å²) in [7, 11) is 0. The van der Waals surface area contributed by atoms with Gasteiger partial charge in [-0.25, -0.2) is 0 Å². The second-order valence-electron chi connectivity index (χ2n) is 7.09. The van der Waals surface area contributed by atoms with Crippen LogP contribution in [0.15, 0.2) is 47.6 Å². The van der Waals surface area contributed by atoms with Crippen LogP contribution in [0.4, 0.5) is 0 Å². The molecule has 1 unspecified atom stereocenters. The van der Waals surface area contributed by atoms with E-state index < -0.39 is 6.10 Å². The van der Waals surface area contributed by atoms with Gasteiger partial charge in [0.05, 0.1) is 5.71 Å². The molecule has 2 aromatic rings. The van der Waals surface area contributed by atoms with Crippen molar-refractivity contribution in [3.8, 4) is 0 Å². The molecule has 6 heteroatoms. The number of carbonyl (C=O) groups excluding carboxylic acids is 2. The molecular formula is C21H23N3O3. The fraction of sp³-hybridized carbons (Fsp3) is 0.381. The third-order valence-electron chi connectivity index (χ3n) is 5.27. The maximum Gasteiger partial charge on any atom is 0.266 e. The van der Waals surface area contributed by atoms with Crippen molar-refractivity contribution < 1.29 is 14.4 Å². The summed E-state index contributed by atoms with van der Waals surface area (Å²) >= 11 is 0. The van der Waals surface area contributed by atoms with Gasteiger partial charge in [-0.15, -0.1) is 0 Å². The summed E-state index contributed by atoms with van der Waals surface area (Å²) in [6.07, 6.45) is 2.31. The minimum absolute atomic E-state index is 0.0283. The van der Waals surface area contributed by atoms with Crippen LogP contribution in [0.5, 0.6) is 0 Å². The summed E-state index contributed by atoms with van der Waals surface area (Å²) in [5, 5.41) is 6.60. The predicted octanol–water partition coefficient (Wildman–Crippen LogP) is 2.22. The number of fused-ring (bicyclic) bond motifs is 1. The van der Waals surface area contributed by atoms with Crippen molar-refractivity contribution in [3.63, 3.8) is 0 Å². The van der Waals surface area contributed by atoms with Gasteiger partial charge in [-0.1, -0.05) is 47.6 Å². The van der Waals surface area contributed by atoms with Crippen molar-refractivity contribution in [3.05, 3.63) is 48.0 Å². The smallest absolute Gasteiger partial charge is 0.266 e. The molecule has 1 fully saturated rings.